The fourth-order valence-electron chi connectivity index (χ4n) is 1.00. The molecule has 0 aliphatic carbocycles. The standard InChI is InChI=1S/C10H19NO2/c1-4-9(11)6-8(3)7-10(12)13-5-2/h7,9H,4-6,11H2,1-3H3/b8-7+. The maximum atomic E-state index is 11.0. The fraction of sp³-hybridized carbons (Fsp3) is 0.700. The van der Waals surface area contributed by atoms with Gasteiger partial charge in [-0.2, -0.15) is 0 Å². The maximum Gasteiger partial charge on any atom is 0.330 e. The number of ether oxygens (including phenoxy) is 1. The van der Waals surface area contributed by atoms with Crippen LogP contribution in [-0.4, -0.2) is 18.6 Å². The van der Waals surface area contributed by atoms with Crippen LogP contribution >= 0.6 is 0 Å². The topological polar surface area (TPSA) is 52.3 Å². The summed E-state index contributed by atoms with van der Waals surface area (Å²) >= 11 is 0. The minimum atomic E-state index is -0.275. The Balaban J connectivity index is 3.93. The second-order valence-corrected chi connectivity index (χ2v) is 3.12. The average molecular weight is 185 g/mol. The van der Waals surface area contributed by atoms with E-state index in [1.807, 2.05) is 13.8 Å². The highest BCUT2D eigenvalue weighted by atomic mass is 16.5. The summed E-state index contributed by atoms with van der Waals surface area (Å²) in [6, 6.07) is 0.144. The number of carbonyl (C=O) groups excluding carboxylic acids is 1. The second-order valence-electron chi connectivity index (χ2n) is 3.12. The molecule has 3 nitrogen and oxygen atoms in total. The lowest BCUT2D eigenvalue weighted by molar-refractivity contribution is -0.137. The molecule has 0 heterocycles. The first-order chi connectivity index (χ1) is 6.10. The molecule has 0 aromatic heterocycles. The largest absolute Gasteiger partial charge is 0.463 e. The number of hydrogen-bond donors (Lipinski definition) is 1. The van der Waals surface area contributed by atoms with Crippen LogP contribution in [-0.2, 0) is 9.53 Å². The van der Waals surface area contributed by atoms with Gasteiger partial charge in [0.05, 0.1) is 6.61 Å². The van der Waals surface area contributed by atoms with Crippen molar-refractivity contribution in [2.75, 3.05) is 6.61 Å². The normalized spacial score (nSPS) is 14.0. The average Bonchev–Trinajstić information content (AvgIpc) is 2.04. The van der Waals surface area contributed by atoms with E-state index in [-0.39, 0.29) is 12.0 Å². The zero-order chi connectivity index (χ0) is 10.3. The molecule has 0 aliphatic heterocycles. The van der Waals surface area contributed by atoms with Gasteiger partial charge in [0.2, 0.25) is 0 Å². The van der Waals surface area contributed by atoms with Gasteiger partial charge < -0.3 is 10.5 Å². The van der Waals surface area contributed by atoms with E-state index >= 15 is 0 Å². The first-order valence-electron chi connectivity index (χ1n) is 4.69. The van der Waals surface area contributed by atoms with Crippen molar-refractivity contribution in [3.8, 4) is 0 Å². The molecule has 0 aromatic rings. The van der Waals surface area contributed by atoms with Crippen LogP contribution in [0.1, 0.15) is 33.6 Å². The lowest BCUT2D eigenvalue weighted by Gasteiger charge is -2.07. The van der Waals surface area contributed by atoms with Crippen LogP contribution in [0.5, 0.6) is 0 Å². The van der Waals surface area contributed by atoms with Crippen molar-refractivity contribution in [2.45, 2.75) is 39.7 Å². The highest BCUT2D eigenvalue weighted by Gasteiger charge is 2.02. The first kappa shape index (κ1) is 12.2. The molecule has 0 fully saturated rings. The first-order valence-corrected chi connectivity index (χ1v) is 4.69. The molecule has 13 heavy (non-hydrogen) atoms. The minimum Gasteiger partial charge on any atom is -0.463 e. The predicted molar refractivity (Wildman–Crippen MR) is 53.3 cm³/mol. The molecule has 0 saturated carbocycles. The molecule has 0 spiro atoms. The molecule has 0 aliphatic rings. The monoisotopic (exact) mass is 185 g/mol. The third kappa shape index (κ3) is 6.34. The Hall–Kier alpha value is -0.830. The van der Waals surface area contributed by atoms with Crippen molar-refractivity contribution < 1.29 is 9.53 Å². The van der Waals surface area contributed by atoms with Crippen LogP contribution < -0.4 is 5.73 Å². The van der Waals surface area contributed by atoms with Gasteiger partial charge in [0, 0.05) is 12.1 Å². The molecule has 0 rings (SSSR count). The quantitative estimate of drug-likeness (QED) is 0.523. The molecule has 1 unspecified atom stereocenters. The molecule has 0 bridgehead atoms. The molecule has 0 amide bonds. The fourth-order valence-corrected chi connectivity index (χ4v) is 1.00. The zero-order valence-electron chi connectivity index (χ0n) is 8.67. The van der Waals surface area contributed by atoms with E-state index in [1.54, 1.807) is 6.92 Å². The Morgan fingerprint density at radius 3 is 2.62 bits per heavy atom. The van der Waals surface area contributed by atoms with Gasteiger partial charge >= 0.3 is 5.97 Å². The van der Waals surface area contributed by atoms with Crippen molar-refractivity contribution in [2.24, 2.45) is 5.73 Å². The van der Waals surface area contributed by atoms with Crippen LogP contribution in [0, 0.1) is 0 Å². The predicted octanol–water partition coefficient (Wildman–Crippen LogP) is 1.62. The Morgan fingerprint density at radius 1 is 1.54 bits per heavy atom. The van der Waals surface area contributed by atoms with Crippen molar-refractivity contribution >= 4 is 5.97 Å². The molecule has 0 radical (unpaired) electrons. The van der Waals surface area contributed by atoms with Gasteiger partial charge in [-0.15, -0.1) is 0 Å². The van der Waals surface area contributed by atoms with E-state index in [0.29, 0.717) is 6.61 Å². The third-order valence-electron chi connectivity index (χ3n) is 1.76. The maximum absolute atomic E-state index is 11.0. The molecule has 2 N–H and O–H groups in total. The van der Waals surface area contributed by atoms with Crippen molar-refractivity contribution in [1.29, 1.82) is 0 Å². The van der Waals surface area contributed by atoms with Gasteiger partial charge in [0.25, 0.3) is 0 Å². The lowest BCUT2D eigenvalue weighted by Crippen LogP contribution is -2.18. The number of esters is 1. The van der Waals surface area contributed by atoms with E-state index in [9.17, 15) is 4.79 Å². The van der Waals surface area contributed by atoms with Gasteiger partial charge in [-0.3, -0.25) is 0 Å². The van der Waals surface area contributed by atoms with E-state index in [2.05, 4.69) is 0 Å². The van der Waals surface area contributed by atoms with Crippen LogP contribution in [0.3, 0.4) is 0 Å². The third-order valence-corrected chi connectivity index (χ3v) is 1.76. The van der Waals surface area contributed by atoms with Gasteiger partial charge in [-0.05, 0) is 26.7 Å². The van der Waals surface area contributed by atoms with E-state index in [4.69, 9.17) is 10.5 Å². The summed E-state index contributed by atoms with van der Waals surface area (Å²) in [5, 5.41) is 0. The highest BCUT2D eigenvalue weighted by Crippen LogP contribution is 2.05. The van der Waals surface area contributed by atoms with E-state index in [0.717, 1.165) is 18.4 Å². The Morgan fingerprint density at radius 2 is 2.15 bits per heavy atom. The number of hydrogen-bond acceptors (Lipinski definition) is 3. The van der Waals surface area contributed by atoms with Crippen molar-refractivity contribution in [3.05, 3.63) is 11.6 Å². The number of rotatable bonds is 5. The van der Waals surface area contributed by atoms with Crippen LogP contribution in [0.15, 0.2) is 11.6 Å². The molecule has 0 saturated heterocycles. The zero-order valence-corrected chi connectivity index (χ0v) is 8.67. The molecular weight excluding hydrogens is 166 g/mol. The molecular formula is C10H19NO2. The molecule has 0 aromatic carbocycles. The Bertz CT molecular complexity index is 187. The lowest BCUT2D eigenvalue weighted by atomic mass is 10.1. The summed E-state index contributed by atoms with van der Waals surface area (Å²) < 4.78 is 4.77. The smallest absolute Gasteiger partial charge is 0.330 e. The Kier molecular flexibility index (Phi) is 6.24. The van der Waals surface area contributed by atoms with Crippen LogP contribution in [0.2, 0.25) is 0 Å². The molecule has 1 atom stereocenters. The van der Waals surface area contributed by atoms with E-state index in [1.165, 1.54) is 6.08 Å². The second kappa shape index (κ2) is 6.66. The van der Waals surface area contributed by atoms with Gasteiger partial charge in [0.15, 0.2) is 0 Å². The van der Waals surface area contributed by atoms with Crippen molar-refractivity contribution in [1.82, 2.24) is 0 Å². The van der Waals surface area contributed by atoms with E-state index < -0.39 is 0 Å². The number of carbonyl (C=O) groups is 1. The Labute approximate surface area is 79.9 Å². The van der Waals surface area contributed by atoms with Crippen LogP contribution in [0.4, 0.5) is 0 Å². The van der Waals surface area contributed by atoms with Crippen molar-refractivity contribution in [3.63, 3.8) is 0 Å². The summed E-state index contributed by atoms with van der Waals surface area (Å²) in [6.45, 7) is 6.13. The minimum absolute atomic E-state index is 0.144. The SMILES string of the molecule is CCOC(=O)/C=C(\C)CC(N)CC. The summed E-state index contributed by atoms with van der Waals surface area (Å²) in [4.78, 5) is 11.0. The summed E-state index contributed by atoms with van der Waals surface area (Å²) in [5.74, 6) is -0.275. The van der Waals surface area contributed by atoms with Gasteiger partial charge in [-0.25, -0.2) is 4.79 Å². The van der Waals surface area contributed by atoms with Gasteiger partial charge in [0.1, 0.15) is 0 Å². The van der Waals surface area contributed by atoms with Crippen LogP contribution in [0.25, 0.3) is 0 Å². The summed E-state index contributed by atoms with van der Waals surface area (Å²) in [6.07, 6.45) is 3.20. The molecule has 3 heteroatoms. The molecule has 76 valence electrons. The summed E-state index contributed by atoms with van der Waals surface area (Å²) in [5.41, 5.74) is 6.71. The van der Waals surface area contributed by atoms with Gasteiger partial charge in [-0.1, -0.05) is 12.5 Å². The highest BCUT2D eigenvalue weighted by molar-refractivity contribution is 5.82. The number of nitrogens with two attached hydrogens (primary N) is 1. The summed E-state index contributed by atoms with van der Waals surface area (Å²) in [7, 11) is 0.